The lowest BCUT2D eigenvalue weighted by molar-refractivity contribution is 0.0895. The number of carbonyl (C=O) groups excluding carboxylic acids is 2. The molecule has 1 saturated heterocycles. The Labute approximate surface area is 203 Å². The van der Waals surface area contributed by atoms with Crippen molar-refractivity contribution < 1.29 is 14.7 Å². The number of carbonyl (C=O) groups is 2. The minimum absolute atomic E-state index is 0.0369. The Balaban J connectivity index is 1.34. The van der Waals surface area contributed by atoms with E-state index in [4.69, 9.17) is 11.6 Å². The molecule has 0 spiro atoms. The van der Waals surface area contributed by atoms with Crippen LogP contribution in [0.2, 0.25) is 5.02 Å². The summed E-state index contributed by atoms with van der Waals surface area (Å²) in [6.45, 7) is 3.27. The highest BCUT2D eigenvalue weighted by Gasteiger charge is 2.28. The molecule has 1 aromatic heterocycles. The van der Waals surface area contributed by atoms with E-state index in [0.717, 1.165) is 11.1 Å². The fourth-order valence-corrected chi connectivity index (χ4v) is 4.44. The van der Waals surface area contributed by atoms with Crippen LogP contribution in [-0.4, -0.2) is 46.6 Å². The Morgan fingerprint density at radius 1 is 1.09 bits per heavy atom. The molecule has 4 rings (SSSR count). The van der Waals surface area contributed by atoms with E-state index < -0.39 is 12.0 Å². The maximum Gasteiger partial charge on any atom is 0.271 e. The quantitative estimate of drug-likeness (QED) is 0.498. The van der Waals surface area contributed by atoms with Gasteiger partial charge >= 0.3 is 0 Å². The van der Waals surface area contributed by atoms with Crippen LogP contribution in [-0.2, 0) is 0 Å². The van der Waals surface area contributed by atoms with Gasteiger partial charge in [0.1, 0.15) is 0 Å². The first-order valence-corrected chi connectivity index (χ1v) is 11.7. The smallest absolute Gasteiger partial charge is 0.271 e. The van der Waals surface area contributed by atoms with Crippen LogP contribution in [0.25, 0.3) is 0 Å². The Morgan fingerprint density at radius 2 is 1.76 bits per heavy atom. The van der Waals surface area contributed by atoms with Crippen LogP contribution >= 0.6 is 11.6 Å². The zero-order valence-corrected chi connectivity index (χ0v) is 19.7. The third-order valence-electron chi connectivity index (χ3n) is 6.18. The second kappa shape index (κ2) is 10.8. The van der Waals surface area contributed by atoms with E-state index in [0.29, 0.717) is 42.3 Å². The summed E-state index contributed by atoms with van der Waals surface area (Å²) < 4.78 is 0. The van der Waals surface area contributed by atoms with Crippen molar-refractivity contribution in [3.8, 4) is 0 Å². The number of nitrogens with zero attached hydrogens (tertiary/aromatic N) is 3. The van der Waals surface area contributed by atoms with Gasteiger partial charge in [-0.1, -0.05) is 66.2 Å². The SMILES string of the molecule is Cc1ccccc1C(=O)C1CCN(c2nnc(C(=O)NCC(O)c3ccccc3)cc2Cl)CC1. The molecule has 0 bridgehead atoms. The molecule has 1 aliphatic heterocycles. The van der Waals surface area contributed by atoms with Gasteiger partial charge in [-0.2, -0.15) is 0 Å². The third-order valence-corrected chi connectivity index (χ3v) is 6.46. The fraction of sp³-hybridized carbons (Fsp3) is 0.308. The Kier molecular flexibility index (Phi) is 7.55. The van der Waals surface area contributed by atoms with Crippen LogP contribution < -0.4 is 10.2 Å². The van der Waals surface area contributed by atoms with Gasteiger partial charge in [0.25, 0.3) is 5.91 Å². The molecule has 8 heteroatoms. The fourth-order valence-electron chi connectivity index (χ4n) is 4.18. The lowest BCUT2D eigenvalue weighted by Gasteiger charge is -2.32. The number of Topliss-reactive ketones (excluding diaryl/α,β-unsaturated/α-hetero) is 1. The van der Waals surface area contributed by atoms with Crippen molar-refractivity contribution in [2.45, 2.75) is 25.9 Å². The maximum atomic E-state index is 12.9. The molecule has 2 heterocycles. The van der Waals surface area contributed by atoms with Crippen molar-refractivity contribution in [2.75, 3.05) is 24.5 Å². The molecule has 1 fully saturated rings. The van der Waals surface area contributed by atoms with Crippen molar-refractivity contribution in [1.82, 2.24) is 15.5 Å². The predicted octanol–water partition coefficient (Wildman–Crippen LogP) is 4.00. The number of hydrogen-bond acceptors (Lipinski definition) is 6. The largest absolute Gasteiger partial charge is 0.387 e. The lowest BCUT2D eigenvalue weighted by atomic mass is 9.87. The standard InChI is InChI=1S/C26H27ClN4O3/c1-17-7-5-6-10-20(17)24(33)19-11-13-31(14-12-19)25-21(27)15-22(29-30-25)26(34)28-16-23(32)18-8-3-2-4-9-18/h2-10,15,19,23,32H,11-14,16H2,1H3,(H,28,34). The molecule has 1 aliphatic rings. The predicted molar refractivity (Wildman–Crippen MR) is 131 cm³/mol. The number of aromatic nitrogens is 2. The lowest BCUT2D eigenvalue weighted by Crippen LogP contribution is -2.37. The minimum atomic E-state index is -0.823. The number of nitrogens with one attached hydrogen (secondary N) is 1. The van der Waals surface area contributed by atoms with Gasteiger partial charge in [-0.3, -0.25) is 9.59 Å². The Bertz CT molecular complexity index is 1160. The summed E-state index contributed by atoms with van der Waals surface area (Å²) in [6, 6.07) is 18.2. The average molecular weight is 479 g/mol. The van der Waals surface area contributed by atoms with Crippen molar-refractivity contribution in [2.24, 2.45) is 5.92 Å². The third kappa shape index (κ3) is 5.43. The Morgan fingerprint density at radius 3 is 2.44 bits per heavy atom. The van der Waals surface area contributed by atoms with Gasteiger partial charge in [-0.15, -0.1) is 10.2 Å². The van der Waals surface area contributed by atoms with Crippen LogP contribution in [0.15, 0.2) is 60.7 Å². The first-order valence-electron chi connectivity index (χ1n) is 11.3. The number of halogens is 1. The van der Waals surface area contributed by atoms with E-state index in [2.05, 4.69) is 15.5 Å². The van der Waals surface area contributed by atoms with E-state index in [-0.39, 0.29) is 23.9 Å². The zero-order chi connectivity index (χ0) is 24.1. The van der Waals surface area contributed by atoms with Gasteiger partial charge in [0.05, 0.1) is 11.1 Å². The van der Waals surface area contributed by atoms with Crippen molar-refractivity contribution in [3.05, 3.63) is 88.1 Å². The van der Waals surface area contributed by atoms with E-state index in [1.54, 1.807) is 12.1 Å². The molecular formula is C26H27ClN4O3. The number of ketones is 1. The van der Waals surface area contributed by atoms with Gasteiger partial charge in [0, 0.05) is 31.1 Å². The number of aryl methyl sites for hydroxylation is 1. The topological polar surface area (TPSA) is 95.4 Å². The molecule has 176 valence electrons. The van der Waals surface area contributed by atoms with Crippen molar-refractivity contribution in [3.63, 3.8) is 0 Å². The summed E-state index contributed by atoms with van der Waals surface area (Å²) in [5, 5.41) is 21.4. The molecule has 34 heavy (non-hydrogen) atoms. The second-order valence-corrected chi connectivity index (χ2v) is 8.89. The number of amides is 1. The van der Waals surface area contributed by atoms with E-state index >= 15 is 0 Å². The number of rotatable bonds is 7. The van der Waals surface area contributed by atoms with Crippen LogP contribution in [0.3, 0.4) is 0 Å². The van der Waals surface area contributed by atoms with Gasteiger partial charge < -0.3 is 15.3 Å². The van der Waals surface area contributed by atoms with E-state index in [1.807, 2.05) is 54.3 Å². The van der Waals surface area contributed by atoms with E-state index in [9.17, 15) is 14.7 Å². The summed E-state index contributed by atoms with van der Waals surface area (Å²) in [4.78, 5) is 27.4. The van der Waals surface area contributed by atoms with Gasteiger partial charge in [-0.05, 0) is 37.0 Å². The molecule has 0 aliphatic carbocycles. The van der Waals surface area contributed by atoms with Gasteiger partial charge in [-0.25, -0.2) is 0 Å². The number of piperidine rings is 1. The van der Waals surface area contributed by atoms with Crippen molar-refractivity contribution >= 4 is 29.1 Å². The summed E-state index contributed by atoms with van der Waals surface area (Å²) in [7, 11) is 0. The highest BCUT2D eigenvalue weighted by atomic mass is 35.5. The molecule has 2 aromatic carbocycles. The highest BCUT2D eigenvalue weighted by molar-refractivity contribution is 6.33. The summed E-state index contributed by atoms with van der Waals surface area (Å²) in [5.74, 6) is 0.188. The molecule has 1 atom stereocenters. The molecule has 2 N–H and O–H groups in total. The molecule has 1 unspecified atom stereocenters. The number of hydrogen-bond donors (Lipinski definition) is 2. The van der Waals surface area contributed by atoms with Crippen LogP contribution in [0.1, 0.15) is 50.9 Å². The zero-order valence-electron chi connectivity index (χ0n) is 18.9. The average Bonchev–Trinajstić information content (AvgIpc) is 2.87. The molecule has 3 aromatic rings. The van der Waals surface area contributed by atoms with Crippen molar-refractivity contribution in [1.29, 1.82) is 0 Å². The first-order chi connectivity index (χ1) is 16.4. The first kappa shape index (κ1) is 23.9. The maximum absolute atomic E-state index is 12.9. The highest BCUT2D eigenvalue weighted by Crippen LogP contribution is 2.29. The Hall–Kier alpha value is -3.29. The summed E-state index contributed by atoms with van der Waals surface area (Å²) >= 11 is 6.44. The number of benzene rings is 2. The van der Waals surface area contributed by atoms with Gasteiger partial charge in [0.15, 0.2) is 17.3 Å². The minimum Gasteiger partial charge on any atom is -0.387 e. The van der Waals surface area contributed by atoms with E-state index in [1.165, 1.54) is 6.07 Å². The second-order valence-electron chi connectivity index (χ2n) is 8.48. The molecule has 0 saturated carbocycles. The monoisotopic (exact) mass is 478 g/mol. The van der Waals surface area contributed by atoms with Crippen LogP contribution in [0, 0.1) is 12.8 Å². The summed E-state index contributed by atoms with van der Waals surface area (Å²) in [6.07, 6.45) is 0.576. The van der Waals surface area contributed by atoms with Crippen LogP contribution in [0.4, 0.5) is 5.82 Å². The molecule has 1 amide bonds. The number of aliphatic hydroxyl groups is 1. The van der Waals surface area contributed by atoms with Crippen LogP contribution in [0.5, 0.6) is 0 Å². The van der Waals surface area contributed by atoms with Gasteiger partial charge in [0.2, 0.25) is 0 Å². The number of aliphatic hydroxyl groups excluding tert-OH is 1. The molecule has 7 nitrogen and oxygen atoms in total. The molecule has 0 radical (unpaired) electrons. The normalized spacial score (nSPS) is 15.1. The molecular weight excluding hydrogens is 452 g/mol. The summed E-state index contributed by atoms with van der Waals surface area (Å²) in [5.41, 5.74) is 2.57. The number of anilines is 1.